The third-order valence-electron chi connectivity index (χ3n) is 4.50. The maximum atomic E-state index is 12.7. The summed E-state index contributed by atoms with van der Waals surface area (Å²) in [5.41, 5.74) is 2.48. The SMILES string of the molecule is COc1cc(Cl)c(C)cc1NC(=O)[C@H](C)N(C)Cc1nc2ccccc2s1. The van der Waals surface area contributed by atoms with Crippen molar-refractivity contribution in [1.82, 2.24) is 9.88 Å². The molecule has 1 amide bonds. The normalized spacial score (nSPS) is 12.4. The van der Waals surface area contributed by atoms with E-state index in [2.05, 4.69) is 16.4 Å². The summed E-state index contributed by atoms with van der Waals surface area (Å²) >= 11 is 7.78. The Balaban J connectivity index is 1.70. The molecule has 0 aliphatic carbocycles. The monoisotopic (exact) mass is 403 g/mol. The number of methoxy groups -OCH3 is 1. The van der Waals surface area contributed by atoms with E-state index in [1.54, 1.807) is 24.5 Å². The first-order valence-corrected chi connectivity index (χ1v) is 9.78. The van der Waals surface area contributed by atoms with Crippen molar-refractivity contribution in [3.63, 3.8) is 0 Å². The number of fused-ring (bicyclic) bond motifs is 1. The molecule has 1 N–H and O–H groups in total. The Labute approximate surface area is 167 Å². The standard InChI is InChI=1S/C20H22ClN3O2S/c1-12-9-16(17(26-4)10-14(12)21)23-20(25)13(2)24(3)11-19-22-15-7-5-6-8-18(15)27-19/h5-10,13H,11H2,1-4H3,(H,23,25)/t13-/m0/s1. The van der Waals surface area contributed by atoms with Gasteiger partial charge in [-0.15, -0.1) is 11.3 Å². The fourth-order valence-corrected chi connectivity index (χ4v) is 3.89. The molecule has 0 aliphatic heterocycles. The van der Waals surface area contributed by atoms with E-state index in [4.69, 9.17) is 16.3 Å². The molecule has 5 nitrogen and oxygen atoms in total. The predicted molar refractivity (Wildman–Crippen MR) is 112 cm³/mol. The van der Waals surface area contributed by atoms with Gasteiger partial charge in [0.1, 0.15) is 10.8 Å². The van der Waals surface area contributed by atoms with Gasteiger partial charge >= 0.3 is 0 Å². The topological polar surface area (TPSA) is 54.5 Å². The van der Waals surface area contributed by atoms with E-state index in [1.807, 2.05) is 50.1 Å². The molecule has 0 saturated heterocycles. The molecule has 2 aromatic carbocycles. The number of carbonyl (C=O) groups excluding carboxylic acids is 1. The van der Waals surface area contributed by atoms with E-state index in [0.29, 0.717) is 23.0 Å². The first-order chi connectivity index (χ1) is 12.9. The van der Waals surface area contributed by atoms with Gasteiger partial charge in [0.25, 0.3) is 0 Å². The number of carbonyl (C=O) groups is 1. The van der Waals surface area contributed by atoms with Gasteiger partial charge in [-0.1, -0.05) is 23.7 Å². The summed E-state index contributed by atoms with van der Waals surface area (Å²) in [6.07, 6.45) is 0. The maximum absolute atomic E-state index is 12.7. The lowest BCUT2D eigenvalue weighted by atomic mass is 10.2. The Bertz CT molecular complexity index is 940. The van der Waals surface area contributed by atoms with Gasteiger partial charge in [-0.2, -0.15) is 0 Å². The number of halogens is 1. The quantitative estimate of drug-likeness (QED) is 0.646. The molecule has 0 radical (unpaired) electrons. The molecule has 3 rings (SSSR count). The smallest absolute Gasteiger partial charge is 0.241 e. The number of para-hydroxylation sites is 1. The van der Waals surface area contributed by atoms with Crippen molar-refractivity contribution in [3.05, 3.63) is 52.0 Å². The number of aromatic nitrogens is 1. The van der Waals surface area contributed by atoms with E-state index >= 15 is 0 Å². The van der Waals surface area contributed by atoms with Gasteiger partial charge in [0.05, 0.1) is 35.6 Å². The van der Waals surface area contributed by atoms with Crippen molar-refractivity contribution in [2.24, 2.45) is 0 Å². The molecule has 142 valence electrons. The number of nitrogens with one attached hydrogen (secondary N) is 1. The maximum Gasteiger partial charge on any atom is 0.241 e. The van der Waals surface area contributed by atoms with E-state index in [9.17, 15) is 4.79 Å². The average molecular weight is 404 g/mol. The molecular weight excluding hydrogens is 382 g/mol. The number of benzene rings is 2. The first-order valence-electron chi connectivity index (χ1n) is 8.58. The van der Waals surface area contributed by atoms with Crippen LogP contribution >= 0.6 is 22.9 Å². The molecule has 0 saturated carbocycles. The molecule has 0 aliphatic rings. The molecule has 1 atom stereocenters. The zero-order chi connectivity index (χ0) is 19.6. The van der Waals surface area contributed by atoms with Crippen molar-refractivity contribution in [1.29, 1.82) is 0 Å². The molecule has 1 heterocycles. The Morgan fingerprint density at radius 1 is 1.37 bits per heavy atom. The second-order valence-electron chi connectivity index (χ2n) is 6.46. The van der Waals surface area contributed by atoms with Crippen molar-refractivity contribution >= 4 is 44.7 Å². The van der Waals surface area contributed by atoms with E-state index < -0.39 is 0 Å². The van der Waals surface area contributed by atoms with Crippen LogP contribution in [0, 0.1) is 6.92 Å². The summed E-state index contributed by atoms with van der Waals surface area (Å²) in [6, 6.07) is 11.2. The summed E-state index contributed by atoms with van der Waals surface area (Å²) in [5, 5.41) is 4.53. The predicted octanol–water partition coefficient (Wildman–Crippen LogP) is 4.73. The number of hydrogen-bond donors (Lipinski definition) is 1. The Morgan fingerprint density at radius 3 is 2.81 bits per heavy atom. The number of likely N-dealkylation sites (N-methyl/N-ethyl adjacent to an activating group) is 1. The Hall–Kier alpha value is -2.15. The lowest BCUT2D eigenvalue weighted by molar-refractivity contribution is -0.120. The second-order valence-corrected chi connectivity index (χ2v) is 7.98. The number of amides is 1. The third-order valence-corrected chi connectivity index (χ3v) is 5.93. The van der Waals surface area contributed by atoms with Gasteiger partial charge in [0, 0.05) is 11.1 Å². The van der Waals surface area contributed by atoms with Crippen molar-refractivity contribution < 1.29 is 9.53 Å². The third kappa shape index (κ3) is 4.40. The fraction of sp³-hybridized carbons (Fsp3) is 0.300. The van der Waals surface area contributed by atoms with Gasteiger partial charge in [0.2, 0.25) is 5.91 Å². The summed E-state index contributed by atoms with van der Waals surface area (Å²) < 4.78 is 6.48. The number of ether oxygens (including phenoxy) is 1. The number of nitrogens with zero attached hydrogens (tertiary/aromatic N) is 2. The molecule has 3 aromatic rings. The van der Waals surface area contributed by atoms with Gasteiger partial charge in [-0.3, -0.25) is 9.69 Å². The molecule has 0 unspecified atom stereocenters. The van der Waals surface area contributed by atoms with Crippen molar-refractivity contribution in [2.75, 3.05) is 19.5 Å². The second kappa shape index (κ2) is 8.25. The molecule has 0 fully saturated rings. The molecule has 27 heavy (non-hydrogen) atoms. The van der Waals surface area contributed by atoms with Crippen molar-refractivity contribution in [2.45, 2.75) is 26.4 Å². The highest BCUT2D eigenvalue weighted by Gasteiger charge is 2.21. The highest BCUT2D eigenvalue weighted by atomic mass is 35.5. The minimum absolute atomic E-state index is 0.112. The summed E-state index contributed by atoms with van der Waals surface area (Å²) in [4.78, 5) is 19.3. The van der Waals surface area contributed by atoms with Crippen LogP contribution in [0.2, 0.25) is 5.02 Å². The summed E-state index contributed by atoms with van der Waals surface area (Å²) in [6.45, 7) is 4.36. The number of aryl methyl sites for hydroxylation is 1. The lowest BCUT2D eigenvalue weighted by Crippen LogP contribution is -2.39. The summed E-state index contributed by atoms with van der Waals surface area (Å²) in [5.74, 6) is 0.429. The van der Waals surface area contributed by atoms with E-state index in [1.165, 1.54) is 0 Å². The van der Waals surface area contributed by atoms with Crippen LogP contribution in [0.5, 0.6) is 5.75 Å². The fourth-order valence-electron chi connectivity index (χ4n) is 2.71. The minimum Gasteiger partial charge on any atom is -0.495 e. The van der Waals surface area contributed by atoms with Crippen LogP contribution in [0.1, 0.15) is 17.5 Å². The van der Waals surface area contributed by atoms with Gasteiger partial charge in [-0.25, -0.2) is 4.98 Å². The molecule has 7 heteroatoms. The number of thiazole rings is 1. The number of anilines is 1. The van der Waals surface area contributed by atoms with Crippen LogP contribution < -0.4 is 10.1 Å². The lowest BCUT2D eigenvalue weighted by Gasteiger charge is -2.23. The summed E-state index contributed by atoms with van der Waals surface area (Å²) in [7, 11) is 3.47. The zero-order valence-electron chi connectivity index (χ0n) is 15.7. The van der Waals surface area contributed by atoms with Crippen LogP contribution in [-0.4, -0.2) is 36.0 Å². The van der Waals surface area contributed by atoms with Crippen molar-refractivity contribution in [3.8, 4) is 5.75 Å². The van der Waals surface area contributed by atoms with Crippen LogP contribution in [0.25, 0.3) is 10.2 Å². The van der Waals surface area contributed by atoms with Crippen LogP contribution in [0.4, 0.5) is 5.69 Å². The van der Waals surface area contributed by atoms with Crippen LogP contribution in [-0.2, 0) is 11.3 Å². The van der Waals surface area contributed by atoms with Crippen LogP contribution in [0.3, 0.4) is 0 Å². The molecule has 1 aromatic heterocycles. The zero-order valence-corrected chi connectivity index (χ0v) is 17.3. The molecule has 0 spiro atoms. The average Bonchev–Trinajstić information content (AvgIpc) is 3.05. The highest BCUT2D eigenvalue weighted by Crippen LogP contribution is 2.31. The van der Waals surface area contributed by atoms with E-state index in [0.717, 1.165) is 20.8 Å². The molecule has 0 bridgehead atoms. The Morgan fingerprint density at radius 2 is 2.11 bits per heavy atom. The molecular formula is C20H22ClN3O2S. The largest absolute Gasteiger partial charge is 0.495 e. The van der Waals surface area contributed by atoms with Gasteiger partial charge in [0.15, 0.2) is 0 Å². The minimum atomic E-state index is -0.335. The first kappa shape index (κ1) is 19.6. The Kier molecular flexibility index (Phi) is 5.99. The number of rotatable bonds is 6. The number of hydrogen-bond acceptors (Lipinski definition) is 5. The van der Waals surface area contributed by atoms with Gasteiger partial charge in [-0.05, 0) is 44.7 Å². The highest BCUT2D eigenvalue weighted by molar-refractivity contribution is 7.18. The van der Waals surface area contributed by atoms with E-state index in [-0.39, 0.29) is 11.9 Å². The van der Waals surface area contributed by atoms with Gasteiger partial charge < -0.3 is 10.1 Å². The van der Waals surface area contributed by atoms with Crippen LogP contribution in [0.15, 0.2) is 36.4 Å².